The maximum atomic E-state index is 12.3. The van der Waals surface area contributed by atoms with Crippen molar-refractivity contribution in [1.82, 2.24) is 15.5 Å². The molecule has 0 bridgehead atoms. The molecule has 0 radical (unpaired) electrons. The van der Waals surface area contributed by atoms with Crippen LogP contribution in [0, 0.1) is 0 Å². The molecule has 7 nitrogen and oxygen atoms in total. The molecule has 24 heavy (non-hydrogen) atoms. The molecule has 1 aromatic rings. The number of hydrogen-bond donors (Lipinski definition) is 2. The molecule has 7 heteroatoms. The molecule has 0 unspecified atom stereocenters. The van der Waals surface area contributed by atoms with Crippen molar-refractivity contribution in [3.8, 4) is 0 Å². The number of carbonyl (C=O) groups is 3. The highest BCUT2D eigenvalue weighted by atomic mass is 16.3. The van der Waals surface area contributed by atoms with E-state index in [1.165, 1.54) is 12.7 Å². The quantitative estimate of drug-likeness (QED) is 0.778. The van der Waals surface area contributed by atoms with E-state index in [1.54, 1.807) is 12.1 Å². The van der Waals surface area contributed by atoms with Crippen LogP contribution in [0.15, 0.2) is 22.8 Å². The highest BCUT2D eigenvalue weighted by molar-refractivity contribution is 6.04. The Bertz CT molecular complexity index is 593. The third-order valence-corrected chi connectivity index (χ3v) is 4.63. The zero-order valence-electron chi connectivity index (χ0n) is 13.6. The van der Waals surface area contributed by atoms with Gasteiger partial charge in [0, 0.05) is 12.5 Å². The molecule has 130 valence electrons. The van der Waals surface area contributed by atoms with E-state index in [0.717, 1.165) is 30.6 Å². The van der Waals surface area contributed by atoms with Crippen molar-refractivity contribution in [2.24, 2.45) is 0 Å². The average Bonchev–Trinajstić information content (AvgIpc) is 3.18. The minimum absolute atomic E-state index is 0.0477. The maximum Gasteiger partial charge on any atom is 0.325 e. The van der Waals surface area contributed by atoms with Crippen LogP contribution in [0.4, 0.5) is 4.79 Å². The van der Waals surface area contributed by atoms with Crippen LogP contribution < -0.4 is 10.6 Å². The monoisotopic (exact) mass is 333 g/mol. The molecule has 1 atom stereocenters. The van der Waals surface area contributed by atoms with Gasteiger partial charge in [0.2, 0.25) is 5.91 Å². The summed E-state index contributed by atoms with van der Waals surface area (Å²) < 4.78 is 5.17. The molecule has 1 saturated carbocycles. The van der Waals surface area contributed by atoms with Crippen LogP contribution in [-0.4, -0.2) is 34.8 Å². The number of rotatable bonds is 6. The molecule has 1 saturated heterocycles. The van der Waals surface area contributed by atoms with Crippen molar-refractivity contribution in [3.63, 3.8) is 0 Å². The van der Waals surface area contributed by atoms with E-state index in [1.807, 2.05) is 0 Å². The van der Waals surface area contributed by atoms with E-state index >= 15 is 0 Å². The topological polar surface area (TPSA) is 91.7 Å². The number of furan rings is 1. The van der Waals surface area contributed by atoms with E-state index in [-0.39, 0.29) is 30.8 Å². The Morgan fingerprint density at radius 1 is 1.29 bits per heavy atom. The van der Waals surface area contributed by atoms with Gasteiger partial charge in [0.05, 0.1) is 12.8 Å². The number of hydrogen-bond acceptors (Lipinski definition) is 4. The second kappa shape index (κ2) is 7.51. The number of nitrogens with zero attached hydrogens (tertiary/aromatic N) is 1. The Morgan fingerprint density at radius 3 is 2.79 bits per heavy atom. The molecule has 1 aromatic heterocycles. The summed E-state index contributed by atoms with van der Waals surface area (Å²) in [5.41, 5.74) is 0. The van der Waals surface area contributed by atoms with Crippen LogP contribution >= 0.6 is 0 Å². The number of nitrogens with one attached hydrogen (secondary N) is 2. The predicted octanol–water partition coefficient (Wildman–Crippen LogP) is 1.93. The Kier molecular flexibility index (Phi) is 5.17. The smallest absolute Gasteiger partial charge is 0.325 e. The third kappa shape index (κ3) is 3.96. The Morgan fingerprint density at radius 2 is 2.08 bits per heavy atom. The number of urea groups is 1. The second-order valence-electron chi connectivity index (χ2n) is 6.45. The van der Waals surface area contributed by atoms with E-state index in [0.29, 0.717) is 12.2 Å². The van der Waals surface area contributed by atoms with E-state index in [4.69, 9.17) is 4.42 Å². The summed E-state index contributed by atoms with van der Waals surface area (Å²) >= 11 is 0. The summed E-state index contributed by atoms with van der Waals surface area (Å²) in [5, 5.41) is 5.67. The van der Waals surface area contributed by atoms with Gasteiger partial charge in [0.15, 0.2) is 0 Å². The lowest BCUT2D eigenvalue weighted by Crippen LogP contribution is -2.37. The first-order chi connectivity index (χ1) is 11.6. The van der Waals surface area contributed by atoms with Crippen molar-refractivity contribution in [3.05, 3.63) is 24.2 Å². The van der Waals surface area contributed by atoms with Gasteiger partial charge in [0.25, 0.3) is 5.91 Å². The summed E-state index contributed by atoms with van der Waals surface area (Å²) in [6, 6.07) is 2.61. The van der Waals surface area contributed by atoms with Crippen LogP contribution in [0.1, 0.15) is 50.7 Å². The Balaban J connectivity index is 1.46. The van der Waals surface area contributed by atoms with Crippen LogP contribution in [-0.2, 0) is 16.1 Å². The zero-order valence-corrected chi connectivity index (χ0v) is 13.6. The first-order valence-corrected chi connectivity index (χ1v) is 8.57. The summed E-state index contributed by atoms with van der Waals surface area (Å²) in [7, 11) is 0. The molecule has 0 aromatic carbocycles. The lowest BCUT2D eigenvalue weighted by Gasteiger charge is -2.22. The lowest BCUT2D eigenvalue weighted by atomic mass is 9.95. The second-order valence-corrected chi connectivity index (χ2v) is 6.45. The fraction of sp³-hybridized carbons (Fsp3) is 0.588. The van der Waals surface area contributed by atoms with Gasteiger partial charge >= 0.3 is 6.03 Å². The van der Waals surface area contributed by atoms with Gasteiger partial charge in [-0.25, -0.2) is 4.79 Å². The van der Waals surface area contributed by atoms with Crippen molar-refractivity contribution in [2.75, 3.05) is 0 Å². The first-order valence-electron chi connectivity index (χ1n) is 8.57. The molecule has 3 rings (SSSR count). The molecular formula is C17H23N3O4. The van der Waals surface area contributed by atoms with Gasteiger partial charge in [-0.3, -0.25) is 14.5 Å². The molecule has 2 fully saturated rings. The van der Waals surface area contributed by atoms with Crippen LogP contribution in [0.3, 0.4) is 0 Å². The van der Waals surface area contributed by atoms with E-state index in [9.17, 15) is 14.4 Å². The molecule has 2 heterocycles. The van der Waals surface area contributed by atoms with Gasteiger partial charge < -0.3 is 15.1 Å². The predicted molar refractivity (Wildman–Crippen MR) is 85.8 cm³/mol. The highest BCUT2D eigenvalue weighted by Crippen LogP contribution is 2.18. The fourth-order valence-corrected chi connectivity index (χ4v) is 3.30. The summed E-state index contributed by atoms with van der Waals surface area (Å²) in [6.07, 6.45) is 7.66. The van der Waals surface area contributed by atoms with Crippen molar-refractivity contribution >= 4 is 17.8 Å². The largest absolute Gasteiger partial charge is 0.467 e. The minimum atomic E-state index is -0.635. The molecular weight excluding hydrogens is 310 g/mol. The molecule has 2 aliphatic rings. The van der Waals surface area contributed by atoms with E-state index < -0.39 is 12.1 Å². The summed E-state index contributed by atoms with van der Waals surface area (Å²) in [6.45, 7) is 0.114. The zero-order chi connectivity index (χ0) is 16.9. The van der Waals surface area contributed by atoms with Gasteiger partial charge in [-0.05, 0) is 31.4 Å². The van der Waals surface area contributed by atoms with Crippen LogP contribution in [0.5, 0.6) is 0 Å². The Hall–Kier alpha value is -2.31. The van der Waals surface area contributed by atoms with E-state index in [2.05, 4.69) is 10.6 Å². The number of amides is 4. The van der Waals surface area contributed by atoms with Gasteiger partial charge in [0.1, 0.15) is 11.8 Å². The van der Waals surface area contributed by atoms with Crippen LogP contribution in [0.2, 0.25) is 0 Å². The minimum Gasteiger partial charge on any atom is -0.467 e. The van der Waals surface area contributed by atoms with Gasteiger partial charge in [-0.2, -0.15) is 0 Å². The molecule has 1 aliphatic carbocycles. The SMILES string of the molecule is O=C(CC[C@@H]1NC(=O)N(Cc2ccco2)C1=O)NC1CCCCC1. The third-order valence-electron chi connectivity index (χ3n) is 4.63. The highest BCUT2D eigenvalue weighted by Gasteiger charge is 2.38. The average molecular weight is 333 g/mol. The molecule has 1 aliphatic heterocycles. The normalized spacial score (nSPS) is 21.8. The molecule has 0 spiro atoms. The first kappa shape index (κ1) is 16.5. The summed E-state index contributed by atoms with van der Waals surface area (Å²) in [4.78, 5) is 37.4. The lowest BCUT2D eigenvalue weighted by molar-refractivity contribution is -0.128. The fourth-order valence-electron chi connectivity index (χ4n) is 3.30. The van der Waals surface area contributed by atoms with Crippen LogP contribution in [0.25, 0.3) is 0 Å². The molecule has 4 amide bonds. The van der Waals surface area contributed by atoms with Crippen molar-refractivity contribution < 1.29 is 18.8 Å². The van der Waals surface area contributed by atoms with Crippen molar-refractivity contribution in [2.45, 2.75) is 63.6 Å². The van der Waals surface area contributed by atoms with Crippen molar-refractivity contribution in [1.29, 1.82) is 0 Å². The summed E-state index contributed by atoms with van der Waals surface area (Å²) in [5.74, 6) is 0.199. The van der Waals surface area contributed by atoms with Gasteiger partial charge in [-0.1, -0.05) is 19.3 Å². The maximum absolute atomic E-state index is 12.3. The number of carbonyl (C=O) groups excluding carboxylic acids is 3. The van der Waals surface area contributed by atoms with Gasteiger partial charge in [-0.15, -0.1) is 0 Å². The Labute approximate surface area is 140 Å². The standard InChI is InChI=1S/C17H23N3O4/c21-15(18-12-5-2-1-3-6-12)9-8-14-16(22)20(17(23)19-14)11-13-7-4-10-24-13/h4,7,10,12,14H,1-3,5-6,8-9,11H2,(H,18,21)(H,19,23)/t14-/m0/s1. The molecule has 2 N–H and O–H groups in total. The number of imide groups is 1.